The average molecular weight is 251 g/mol. The predicted octanol–water partition coefficient (Wildman–Crippen LogP) is 2.42. The lowest BCUT2D eigenvalue weighted by atomic mass is 9.93. The third kappa shape index (κ3) is 3.55. The molecule has 2 atom stereocenters. The molecule has 1 heterocycles. The van der Waals surface area contributed by atoms with Gasteiger partial charge in [0.1, 0.15) is 12.2 Å². The number of aromatic nitrogens is 3. The average Bonchev–Trinajstić information content (AvgIpc) is 2.62. The third-order valence-corrected chi connectivity index (χ3v) is 3.80. The molecule has 0 aromatic carbocycles. The van der Waals surface area contributed by atoms with Crippen LogP contribution in [0, 0.1) is 11.8 Å². The van der Waals surface area contributed by atoms with E-state index in [9.17, 15) is 5.11 Å². The van der Waals surface area contributed by atoms with Gasteiger partial charge in [0, 0.05) is 13.0 Å². The molecule has 0 amide bonds. The van der Waals surface area contributed by atoms with Crippen LogP contribution in [0.25, 0.3) is 0 Å². The molecule has 1 aromatic heterocycles. The summed E-state index contributed by atoms with van der Waals surface area (Å²) >= 11 is 0. The molecule has 2 unspecified atom stereocenters. The maximum Gasteiger partial charge on any atom is 0.138 e. The number of hydrogen-bond acceptors (Lipinski definition) is 3. The highest BCUT2D eigenvalue weighted by atomic mass is 16.3. The largest absolute Gasteiger partial charge is 0.393 e. The fraction of sp³-hybridized carbons (Fsp3) is 0.857. The van der Waals surface area contributed by atoms with Crippen molar-refractivity contribution in [1.82, 2.24) is 14.8 Å². The summed E-state index contributed by atoms with van der Waals surface area (Å²) in [4.78, 5) is 4.37. The molecule has 4 heteroatoms. The van der Waals surface area contributed by atoms with Crippen LogP contribution in [0.5, 0.6) is 0 Å². The summed E-state index contributed by atoms with van der Waals surface area (Å²) in [6, 6.07) is 0. The molecule has 0 bridgehead atoms. The van der Waals surface area contributed by atoms with Crippen molar-refractivity contribution in [1.29, 1.82) is 0 Å². The normalized spacial score (nSPS) is 25.3. The smallest absolute Gasteiger partial charge is 0.138 e. The molecule has 0 radical (unpaired) electrons. The molecule has 0 aliphatic heterocycles. The Hall–Kier alpha value is -0.900. The first kappa shape index (κ1) is 13.5. The first-order valence-electron chi connectivity index (χ1n) is 7.21. The molecular weight excluding hydrogens is 226 g/mol. The lowest BCUT2D eigenvalue weighted by Gasteiger charge is -2.20. The van der Waals surface area contributed by atoms with Crippen molar-refractivity contribution in [3.8, 4) is 0 Å². The predicted molar refractivity (Wildman–Crippen MR) is 71.1 cm³/mol. The second-order valence-corrected chi connectivity index (χ2v) is 5.92. The van der Waals surface area contributed by atoms with Crippen LogP contribution in [0.3, 0.4) is 0 Å². The quantitative estimate of drug-likeness (QED) is 0.836. The first-order valence-corrected chi connectivity index (χ1v) is 7.21. The lowest BCUT2D eigenvalue weighted by molar-refractivity contribution is 0.0987. The topological polar surface area (TPSA) is 50.9 Å². The highest BCUT2D eigenvalue weighted by Gasteiger charge is 2.23. The number of rotatable bonds is 4. The molecule has 1 saturated carbocycles. The van der Waals surface area contributed by atoms with Crippen LogP contribution in [-0.2, 0) is 13.0 Å². The fourth-order valence-electron chi connectivity index (χ4n) is 2.78. The minimum absolute atomic E-state index is 0.156. The van der Waals surface area contributed by atoms with Crippen LogP contribution in [0.1, 0.15) is 51.8 Å². The highest BCUT2D eigenvalue weighted by Crippen LogP contribution is 2.26. The van der Waals surface area contributed by atoms with Gasteiger partial charge in [-0.25, -0.2) is 9.67 Å². The Morgan fingerprint density at radius 1 is 1.33 bits per heavy atom. The van der Waals surface area contributed by atoms with Crippen molar-refractivity contribution in [3.05, 3.63) is 12.2 Å². The zero-order valence-corrected chi connectivity index (χ0v) is 11.5. The summed E-state index contributed by atoms with van der Waals surface area (Å²) in [7, 11) is 0. The summed E-state index contributed by atoms with van der Waals surface area (Å²) < 4.78 is 2.00. The van der Waals surface area contributed by atoms with Gasteiger partial charge in [-0.15, -0.1) is 0 Å². The molecule has 1 aromatic rings. The van der Waals surface area contributed by atoms with Crippen LogP contribution in [-0.4, -0.2) is 26.0 Å². The Morgan fingerprint density at radius 2 is 2.11 bits per heavy atom. The van der Waals surface area contributed by atoms with E-state index in [1.54, 1.807) is 6.33 Å². The van der Waals surface area contributed by atoms with Crippen molar-refractivity contribution in [2.75, 3.05) is 0 Å². The summed E-state index contributed by atoms with van der Waals surface area (Å²) in [5, 5.41) is 14.5. The van der Waals surface area contributed by atoms with Crippen LogP contribution < -0.4 is 0 Å². The van der Waals surface area contributed by atoms with Crippen LogP contribution in [0.15, 0.2) is 6.33 Å². The number of aliphatic hydroxyl groups is 1. The zero-order chi connectivity index (χ0) is 13.0. The molecule has 1 fully saturated rings. The van der Waals surface area contributed by atoms with E-state index in [1.807, 2.05) is 4.68 Å². The van der Waals surface area contributed by atoms with Gasteiger partial charge in [0.05, 0.1) is 6.10 Å². The van der Waals surface area contributed by atoms with E-state index in [-0.39, 0.29) is 6.10 Å². The fourth-order valence-corrected chi connectivity index (χ4v) is 2.78. The maximum absolute atomic E-state index is 10.2. The van der Waals surface area contributed by atoms with Gasteiger partial charge in [-0.3, -0.25) is 0 Å². The monoisotopic (exact) mass is 251 g/mol. The molecule has 102 valence electrons. The minimum atomic E-state index is -0.156. The molecule has 1 aliphatic carbocycles. The van der Waals surface area contributed by atoms with Gasteiger partial charge >= 0.3 is 0 Å². The summed E-state index contributed by atoms with van der Waals surface area (Å²) in [5.74, 6) is 1.97. The second-order valence-electron chi connectivity index (χ2n) is 5.92. The first-order chi connectivity index (χ1) is 8.66. The Balaban J connectivity index is 2.01. The van der Waals surface area contributed by atoms with Gasteiger partial charge in [-0.2, -0.15) is 5.10 Å². The van der Waals surface area contributed by atoms with Gasteiger partial charge in [-0.1, -0.05) is 33.1 Å². The summed E-state index contributed by atoms with van der Waals surface area (Å²) in [6.45, 7) is 5.29. The lowest BCUT2D eigenvalue weighted by Crippen LogP contribution is -2.23. The van der Waals surface area contributed by atoms with Crippen LogP contribution in [0.2, 0.25) is 0 Å². The molecular formula is C14H25N3O. The molecule has 0 saturated heterocycles. The van der Waals surface area contributed by atoms with Crippen molar-refractivity contribution in [2.45, 2.75) is 65.0 Å². The van der Waals surface area contributed by atoms with Crippen molar-refractivity contribution >= 4 is 0 Å². The molecule has 2 rings (SSSR count). The van der Waals surface area contributed by atoms with E-state index in [0.29, 0.717) is 11.8 Å². The minimum Gasteiger partial charge on any atom is -0.393 e. The van der Waals surface area contributed by atoms with Gasteiger partial charge in [0.2, 0.25) is 0 Å². The van der Waals surface area contributed by atoms with E-state index in [2.05, 4.69) is 23.9 Å². The van der Waals surface area contributed by atoms with E-state index < -0.39 is 0 Å². The Morgan fingerprint density at radius 3 is 2.89 bits per heavy atom. The van der Waals surface area contributed by atoms with Gasteiger partial charge in [0.15, 0.2) is 0 Å². The second kappa shape index (κ2) is 6.32. The van der Waals surface area contributed by atoms with Crippen molar-refractivity contribution in [2.24, 2.45) is 11.8 Å². The molecule has 1 N–H and O–H groups in total. The van der Waals surface area contributed by atoms with Gasteiger partial charge in [-0.05, 0) is 24.7 Å². The van der Waals surface area contributed by atoms with Crippen LogP contribution >= 0.6 is 0 Å². The molecule has 4 nitrogen and oxygen atoms in total. The SMILES string of the molecule is CC(C)Cn1ncnc1CC1CCCCCC1O. The third-order valence-electron chi connectivity index (χ3n) is 3.80. The molecule has 18 heavy (non-hydrogen) atoms. The maximum atomic E-state index is 10.2. The zero-order valence-electron chi connectivity index (χ0n) is 11.5. The number of nitrogens with zero attached hydrogens (tertiary/aromatic N) is 3. The Kier molecular flexibility index (Phi) is 4.75. The van der Waals surface area contributed by atoms with Gasteiger partial charge in [0.25, 0.3) is 0 Å². The van der Waals surface area contributed by atoms with Crippen molar-refractivity contribution in [3.63, 3.8) is 0 Å². The van der Waals surface area contributed by atoms with Crippen LogP contribution in [0.4, 0.5) is 0 Å². The van der Waals surface area contributed by atoms with E-state index in [1.165, 1.54) is 12.8 Å². The summed E-state index contributed by atoms with van der Waals surface area (Å²) in [6.07, 6.45) is 8.08. The molecule has 1 aliphatic rings. The van der Waals surface area contributed by atoms with E-state index in [4.69, 9.17) is 0 Å². The Labute approximate surface area is 109 Å². The molecule has 0 spiro atoms. The Bertz CT molecular complexity index is 362. The van der Waals surface area contributed by atoms with Gasteiger partial charge < -0.3 is 5.11 Å². The number of aliphatic hydroxyl groups excluding tert-OH is 1. The number of hydrogen-bond donors (Lipinski definition) is 1. The van der Waals surface area contributed by atoms with Crippen molar-refractivity contribution < 1.29 is 5.11 Å². The highest BCUT2D eigenvalue weighted by molar-refractivity contribution is 4.90. The summed E-state index contributed by atoms with van der Waals surface area (Å²) in [5.41, 5.74) is 0. The van der Waals surface area contributed by atoms with E-state index >= 15 is 0 Å². The standard InChI is InChI=1S/C14H25N3O/c1-11(2)9-17-14(15-10-16-17)8-12-6-4-3-5-7-13(12)18/h10-13,18H,3-9H2,1-2H3. The van der Waals surface area contributed by atoms with E-state index in [0.717, 1.165) is 38.1 Å².